The number of aliphatic hydroxyl groups excluding tert-OH is 1. The molecule has 1 atom stereocenters. The zero-order valence-corrected chi connectivity index (χ0v) is 25.6. The van der Waals surface area contributed by atoms with E-state index in [1.54, 1.807) is 12.1 Å². The lowest BCUT2D eigenvalue weighted by Gasteiger charge is -2.28. The number of amides is 1. The fraction of sp³-hybridized carbons (Fsp3) is 0.419. The Labute approximate surface area is 253 Å². The number of hydrogen-bond acceptors (Lipinski definition) is 4. The Morgan fingerprint density at radius 1 is 1.12 bits per heavy atom. The van der Waals surface area contributed by atoms with Crippen LogP contribution in [0.4, 0.5) is 0 Å². The van der Waals surface area contributed by atoms with Crippen LogP contribution in [-0.4, -0.2) is 46.8 Å². The van der Waals surface area contributed by atoms with E-state index in [4.69, 9.17) is 50.7 Å². The van der Waals surface area contributed by atoms with Gasteiger partial charge in [-0.05, 0) is 74.8 Å². The van der Waals surface area contributed by atoms with Gasteiger partial charge in [-0.3, -0.25) is 14.5 Å². The second kappa shape index (κ2) is 20.5. The number of carboxylic acids is 1. The molecule has 2 aromatic carbocycles. The number of carboxylic acid groups (broad SMARTS) is 1. The molecule has 4 N–H and O–H groups in total. The SMILES string of the molecule is C/C=C\CC/C(Cl)=C\CC.NC(=O)C1CCCN(CO)C1.O=C(O)CCc1ccc(-c2cc(Cl)ccc2Cl)cc1. The van der Waals surface area contributed by atoms with Crippen LogP contribution < -0.4 is 5.73 Å². The average Bonchev–Trinajstić information content (AvgIpc) is 2.94. The number of hydrogen-bond donors (Lipinski definition) is 3. The van der Waals surface area contributed by atoms with Gasteiger partial charge in [0.05, 0.1) is 12.6 Å². The van der Waals surface area contributed by atoms with Gasteiger partial charge in [0.1, 0.15) is 0 Å². The molecule has 1 aliphatic rings. The molecule has 0 saturated carbocycles. The maximum Gasteiger partial charge on any atom is 0.303 e. The summed E-state index contributed by atoms with van der Waals surface area (Å²) >= 11 is 17.9. The van der Waals surface area contributed by atoms with Crippen LogP contribution in [0.25, 0.3) is 11.1 Å². The molecule has 1 amide bonds. The van der Waals surface area contributed by atoms with Gasteiger partial charge in [-0.15, -0.1) is 0 Å². The Morgan fingerprint density at radius 3 is 2.40 bits per heavy atom. The van der Waals surface area contributed by atoms with Crippen molar-refractivity contribution >= 4 is 46.7 Å². The molecule has 0 aromatic heterocycles. The number of allylic oxidation sites excluding steroid dienone is 4. The van der Waals surface area contributed by atoms with E-state index in [9.17, 15) is 9.59 Å². The monoisotopic (exact) mass is 610 g/mol. The van der Waals surface area contributed by atoms with Crippen molar-refractivity contribution in [2.45, 2.75) is 58.8 Å². The van der Waals surface area contributed by atoms with Crippen molar-refractivity contribution in [3.8, 4) is 11.1 Å². The Morgan fingerprint density at radius 2 is 1.82 bits per heavy atom. The van der Waals surface area contributed by atoms with E-state index in [1.807, 2.05) is 42.2 Å². The van der Waals surface area contributed by atoms with Gasteiger partial charge in [0.2, 0.25) is 5.91 Å². The number of primary amides is 1. The summed E-state index contributed by atoms with van der Waals surface area (Å²) in [5.41, 5.74) is 7.97. The van der Waals surface area contributed by atoms with E-state index >= 15 is 0 Å². The Hall–Kier alpha value is -2.35. The summed E-state index contributed by atoms with van der Waals surface area (Å²) in [6.45, 7) is 5.64. The third-order valence-corrected chi connectivity index (χ3v) is 7.05. The van der Waals surface area contributed by atoms with Crippen molar-refractivity contribution in [3.05, 3.63) is 81.3 Å². The number of nitrogens with zero attached hydrogens (tertiary/aromatic N) is 1. The molecule has 1 heterocycles. The molecule has 6 nitrogen and oxygen atoms in total. The normalized spacial score (nSPS) is 15.6. The molecule has 3 rings (SSSR count). The lowest BCUT2D eigenvalue weighted by Crippen LogP contribution is -2.41. The van der Waals surface area contributed by atoms with Crippen molar-refractivity contribution < 1.29 is 19.8 Å². The van der Waals surface area contributed by atoms with Crippen LogP contribution in [0.5, 0.6) is 0 Å². The maximum atomic E-state index is 10.7. The number of aliphatic carboxylic acids is 1. The molecule has 1 saturated heterocycles. The van der Waals surface area contributed by atoms with Gasteiger partial charge in [-0.1, -0.05) is 84.2 Å². The highest BCUT2D eigenvalue weighted by Crippen LogP contribution is 2.30. The van der Waals surface area contributed by atoms with E-state index in [0.29, 0.717) is 23.0 Å². The molecule has 1 fully saturated rings. The number of benzene rings is 2. The highest BCUT2D eigenvalue weighted by Gasteiger charge is 2.22. The molecular weight excluding hydrogens is 571 g/mol. The first-order valence-corrected chi connectivity index (χ1v) is 14.6. The number of rotatable bonds is 10. The molecule has 0 bridgehead atoms. The summed E-state index contributed by atoms with van der Waals surface area (Å²) in [5.74, 6) is -1.10. The predicted octanol–water partition coefficient (Wildman–Crippen LogP) is 7.69. The number of carbonyl (C=O) groups excluding carboxylic acids is 1. The van der Waals surface area contributed by atoms with Gasteiger partial charge in [-0.25, -0.2) is 0 Å². The molecule has 9 heteroatoms. The van der Waals surface area contributed by atoms with E-state index < -0.39 is 5.97 Å². The van der Waals surface area contributed by atoms with Crippen molar-refractivity contribution in [1.29, 1.82) is 0 Å². The summed E-state index contributed by atoms with van der Waals surface area (Å²) < 4.78 is 0. The van der Waals surface area contributed by atoms with Crippen LogP contribution >= 0.6 is 34.8 Å². The number of aliphatic hydroxyl groups is 1. The van der Waals surface area contributed by atoms with Crippen LogP contribution in [0, 0.1) is 5.92 Å². The number of nitrogens with two attached hydrogens (primary N) is 1. The van der Waals surface area contributed by atoms with Gasteiger partial charge in [0.15, 0.2) is 0 Å². The summed E-state index contributed by atoms with van der Waals surface area (Å²) in [5, 5.41) is 19.7. The first-order valence-electron chi connectivity index (χ1n) is 13.5. The van der Waals surface area contributed by atoms with Crippen LogP contribution in [0.2, 0.25) is 10.0 Å². The highest BCUT2D eigenvalue weighted by molar-refractivity contribution is 6.35. The minimum absolute atomic E-state index is 0.0315. The lowest BCUT2D eigenvalue weighted by molar-refractivity contribution is -0.137. The molecule has 220 valence electrons. The topological polar surface area (TPSA) is 104 Å². The van der Waals surface area contributed by atoms with Gasteiger partial charge in [0.25, 0.3) is 0 Å². The van der Waals surface area contributed by atoms with Gasteiger partial charge < -0.3 is 15.9 Å². The molecule has 1 aliphatic heterocycles. The molecular formula is C31H41Cl3N2O4. The number of aryl methyl sites for hydroxylation is 1. The quantitative estimate of drug-likeness (QED) is 0.239. The second-order valence-corrected chi connectivity index (χ2v) is 10.7. The number of likely N-dealkylation sites (tertiary alicyclic amines) is 1. The zero-order valence-electron chi connectivity index (χ0n) is 23.3. The van der Waals surface area contributed by atoms with Gasteiger partial charge in [0, 0.05) is 40.2 Å². The summed E-state index contributed by atoms with van der Waals surface area (Å²) in [6.07, 6.45) is 11.8. The van der Waals surface area contributed by atoms with E-state index in [2.05, 4.69) is 25.2 Å². The molecule has 2 aromatic rings. The van der Waals surface area contributed by atoms with Crippen molar-refractivity contribution in [1.82, 2.24) is 4.90 Å². The van der Waals surface area contributed by atoms with Crippen molar-refractivity contribution in [3.63, 3.8) is 0 Å². The maximum absolute atomic E-state index is 10.7. The molecule has 0 spiro atoms. The fourth-order valence-electron chi connectivity index (χ4n) is 3.95. The van der Waals surface area contributed by atoms with Crippen LogP contribution in [0.15, 0.2) is 65.7 Å². The molecule has 1 unspecified atom stereocenters. The fourth-order valence-corrected chi connectivity index (χ4v) is 4.61. The largest absolute Gasteiger partial charge is 0.481 e. The number of halogens is 3. The average molecular weight is 612 g/mol. The minimum atomic E-state index is -0.790. The van der Waals surface area contributed by atoms with Gasteiger partial charge >= 0.3 is 5.97 Å². The van der Waals surface area contributed by atoms with Crippen molar-refractivity contribution in [2.75, 3.05) is 19.8 Å². The lowest BCUT2D eigenvalue weighted by atomic mass is 9.98. The summed E-state index contributed by atoms with van der Waals surface area (Å²) in [4.78, 5) is 23.1. The zero-order chi connectivity index (χ0) is 29.9. The molecule has 40 heavy (non-hydrogen) atoms. The number of piperidine rings is 1. The van der Waals surface area contributed by atoms with E-state index in [1.165, 1.54) is 0 Å². The third-order valence-electron chi connectivity index (χ3n) is 6.14. The predicted molar refractivity (Wildman–Crippen MR) is 167 cm³/mol. The van der Waals surface area contributed by atoms with Crippen LogP contribution in [-0.2, 0) is 16.0 Å². The second-order valence-electron chi connectivity index (χ2n) is 9.34. The first kappa shape index (κ1) is 35.7. The smallest absolute Gasteiger partial charge is 0.303 e. The van der Waals surface area contributed by atoms with Crippen LogP contribution in [0.1, 0.15) is 57.9 Å². The minimum Gasteiger partial charge on any atom is -0.481 e. The third kappa shape index (κ3) is 14.9. The van der Waals surface area contributed by atoms with Gasteiger partial charge in [-0.2, -0.15) is 0 Å². The molecule has 0 radical (unpaired) electrons. The Kier molecular flexibility index (Phi) is 18.3. The van der Waals surface area contributed by atoms with E-state index in [0.717, 1.165) is 60.4 Å². The van der Waals surface area contributed by atoms with Crippen LogP contribution in [0.3, 0.4) is 0 Å². The Balaban J connectivity index is 0.000000326. The molecule has 0 aliphatic carbocycles. The number of carbonyl (C=O) groups is 2. The van der Waals surface area contributed by atoms with Crippen molar-refractivity contribution in [2.24, 2.45) is 11.7 Å². The van der Waals surface area contributed by atoms with E-state index in [-0.39, 0.29) is 25.0 Å². The highest BCUT2D eigenvalue weighted by atomic mass is 35.5. The summed E-state index contributed by atoms with van der Waals surface area (Å²) in [7, 11) is 0. The summed E-state index contributed by atoms with van der Waals surface area (Å²) in [6, 6.07) is 13.0. The first-order chi connectivity index (χ1) is 19.1. The Bertz CT molecular complexity index is 1100. The standard InChI is InChI=1S/C15H12Cl2O2.C9H15Cl.C7H14N2O2/c16-12-6-7-14(17)13(9-12)11-4-1-10(2-5-11)3-8-15(18)19;1-3-5-6-8-9(10)7-4-2;8-7(11)6-2-1-3-9(4-6)5-10/h1-2,4-7,9H,3,8H2,(H,18,19);3,5,7H,4,6,8H2,1-2H3;6,10H,1-5H2,(H2,8,11)/b;5-3-,9-7+;.